The van der Waals surface area contributed by atoms with Gasteiger partial charge >= 0.3 is 0 Å². The van der Waals surface area contributed by atoms with Gasteiger partial charge in [0.25, 0.3) is 5.56 Å². The first-order valence-corrected chi connectivity index (χ1v) is 11.4. The Morgan fingerprint density at radius 3 is 2.62 bits per heavy atom. The fraction of sp³-hybridized carbons (Fsp3) is 0.292. The number of hydrogen-bond donors (Lipinski definition) is 1. The van der Waals surface area contributed by atoms with E-state index in [1.54, 1.807) is 16.8 Å². The molecule has 4 aromatic rings. The minimum Gasteiger partial charge on any atom is -0.368 e. The summed E-state index contributed by atoms with van der Waals surface area (Å²) in [5.41, 5.74) is 6.98. The first kappa shape index (κ1) is 22.1. The first-order chi connectivity index (χ1) is 16.3. The predicted octanol–water partition coefficient (Wildman–Crippen LogP) is 3.55. The van der Waals surface area contributed by atoms with E-state index in [0.29, 0.717) is 40.0 Å². The molecule has 3 aromatic heterocycles. The molecule has 0 bridgehead atoms. The van der Waals surface area contributed by atoms with Crippen molar-refractivity contribution in [3.05, 3.63) is 75.6 Å². The van der Waals surface area contributed by atoms with Crippen LogP contribution < -0.4 is 16.2 Å². The van der Waals surface area contributed by atoms with Crippen LogP contribution in [0.25, 0.3) is 11.2 Å². The monoisotopic (exact) mass is 477 g/mol. The fourth-order valence-corrected chi connectivity index (χ4v) is 4.80. The molecule has 1 aliphatic heterocycles. The third kappa shape index (κ3) is 3.43. The van der Waals surface area contributed by atoms with Gasteiger partial charge in [0.2, 0.25) is 5.95 Å². The van der Waals surface area contributed by atoms with Crippen LogP contribution in [0, 0.1) is 11.8 Å². The van der Waals surface area contributed by atoms with Crippen LogP contribution >= 0.6 is 11.6 Å². The average Bonchev–Trinajstić information content (AvgIpc) is 3.14. The molecule has 0 radical (unpaired) electrons. The number of fused-ring (bicyclic) bond motifs is 1. The summed E-state index contributed by atoms with van der Waals surface area (Å²) in [5, 5.41) is 5.19. The van der Waals surface area contributed by atoms with Crippen molar-refractivity contribution in [2.24, 2.45) is 11.8 Å². The Hall–Kier alpha value is -3.72. The minimum absolute atomic E-state index is 0.0767. The molecule has 10 heteroatoms. The van der Waals surface area contributed by atoms with Gasteiger partial charge < -0.3 is 10.6 Å². The second kappa shape index (κ2) is 8.25. The zero-order valence-corrected chi connectivity index (χ0v) is 19.8. The van der Waals surface area contributed by atoms with Crippen molar-refractivity contribution in [1.29, 1.82) is 0 Å². The molecule has 0 amide bonds. The molecule has 2 atom stereocenters. The van der Waals surface area contributed by atoms with E-state index in [4.69, 9.17) is 22.4 Å². The molecule has 0 aliphatic carbocycles. The lowest BCUT2D eigenvalue weighted by molar-refractivity contribution is 0.101. The van der Waals surface area contributed by atoms with E-state index < -0.39 is 0 Å². The van der Waals surface area contributed by atoms with Crippen molar-refractivity contribution in [1.82, 2.24) is 24.1 Å². The number of aromatic nitrogens is 5. The summed E-state index contributed by atoms with van der Waals surface area (Å²) < 4.78 is 3.12. The Labute approximate surface area is 200 Å². The van der Waals surface area contributed by atoms with Crippen LogP contribution in [-0.2, 0) is 0 Å². The molecule has 0 saturated carbocycles. The number of nitrogens with zero attached hydrogens (tertiary/aromatic N) is 6. The zero-order valence-electron chi connectivity index (χ0n) is 19.0. The number of anilines is 2. The van der Waals surface area contributed by atoms with Crippen molar-refractivity contribution in [3.63, 3.8) is 0 Å². The molecule has 1 fully saturated rings. The van der Waals surface area contributed by atoms with Crippen molar-refractivity contribution in [3.8, 4) is 5.69 Å². The molecular formula is C24H24ClN7O2. The number of rotatable bonds is 5. The molecule has 174 valence electrons. The summed E-state index contributed by atoms with van der Waals surface area (Å²) in [6.07, 6.45) is 3.13. The molecule has 4 heterocycles. The van der Waals surface area contributed by atoms with Crippen LogP contribution in [0.1, 0.15) is 43.0 Å². The number of hydrogen-bond acceptors (Lipinski definition) is 7. The van der Waals surface area contributed by atoms with E-state index in [2.05, 4.69) is 23.8 Å². The summed E-state index contributed by atoms with van der Waals surface area (Å²) in [6.45, 7) is 6.36. The Morgan fingerprint density at radius 1 is 1.21 bits per heavy atom. The van der Waals surface area contributed by atoms with Crippen LogP contribution in [-0.4, -0.2) is 36.5 Å². The highest BCUT2D eigenvalue weighted by Crippen LogP contribution is 2.45. The summed E-state index contributed by atoms with van der Waals surface area (Å²) >= 11 is 6.34. The molecule has 2 N–H and O–H groups in total. The van der Waals surface area contributed by atoms with E-state index >= 15 is 0 Å². The van der Waals surface area contributed by atoms with Crippen LogP contribution in [0.5, 0.6) is 0 Å². The maximum atomic E-state index is 13.7. The Bertz CT molecular complexity index is 1460. The van der Waals surface area contributed by atoms with E-state index in [1.807, 2.05) is 35.2 Å². The normalized spacial score (nSPS) is 17.9. The van der Waals surface area contributed by atoms with Gasteiger partial charge in [-0.15, -0.1) is 0 Å². The summed E-state index contributed by atoms with van der Waals surface area (Å²) in [5.74, 6) is 1.33. The topological polar surface area (TPSA) is 111 Å². The van der Waals surface area contributed by atoms with Crippen LogP contribution in [0.2, 0.25) is 5.02 Å². The summed E-state index contributed by atoms with van der Waals surface area (Å²) in [6, 6.07) is 10.7. The quantitative estimate of drug-likeness (QED) is 0.437. The number of nitrogens with two attached hydrogens (primary N) is 1. The van der Waals surface area contributed by atoms with Gasteiger partial charge in [-0.3, -0.25) is 14.2 Å². The molecule has 34 heavy (non-hydrogen) atoms. The van der Waals surface area contributed by atoms with Gasteiger partial charge in [-0.05, 0) is 31.0 Å². The Kier molecular flexibility index (Phi) is 5.36. The number of carbonyl (C=O) groups is 1. The molecule has 1 saturated heterocycles. The van der Waals surface area contributed by atoms with Gasteiger partial charge in [-0.2, -0.15) is 10.1 Å². The van der Waals surface area contributed by atoms with Crippen LogP contribution in [0.4, 0.5) is 11.8 Å². The Balaban J connectivity index is 1.78. The van der Waals surface area contributed by atoms with Crippen molar-refractivity contribution < 1.29 is 4.79 Å². The Morgan fingerprint density at radius 2 is 1.94 bits per heavy atom. The number of ketones is 1. The third-order valence-corrected chi connectivity index (χ3v) is 6.69. The van der Waals surface area contributed by atoms with Crippen LogP contribution in [0.3, 0.4) is 0 Å². The maximum absolute atomic E-state index is 13.7. The first-order valence-electron chi connectivity index (χ1n) is 11.0. The number of Topliss-reactive ketones (excluding diaryl/α,β-unsaturated/α-hetero) is 1. The molecule has 1 aromatic carbocycles. The summed E-state index contributed by atoms with van der Waals surface area (Å²) in [4.78, 5) is 36.5. The van der Waals surface area contributed by atoms with Gasteiger partial charge in [0, 0.05) is 24.9 Å². The summed E-state index contributed by atoms with van der Waals surface area (Å²) in [7, 11) is 0. The standard InChI is InChI=1S/C24H24ClN7O2/c1-13(2)17-12-30(21-16(14(3)33)11-27-24(26)28-21)19(17)22-29-31-10-9-18(25)20(31)23(34)32(22)15-7-5-4-6-8-15/h4-11,13,17,19H,12H2,1-3H3,(H2,26,27,28)/t17?,19-/m0/s1. The SMILES string of the molecule is CC(=O)c1cnc(N)nc1N1CC(C(C)C)[C@H]1c1nn2ccc(Cl)c2c(=O)n1-c1ccccc1. The lowest BCUT2D eigenvalue weighted by atomic mass is 9.79. The highest BCUT2D eigenvalue weighted by atomic mass is 35.5. The predicted molar refractivity (Wildman–Crippen MR) is 131 cm³/mol. The van der Waals surface area contributed by atoms with Gasteiger partial charge in [0.1, 0.15) is 11.3 Å². The lowest BCUT2D eigenvalue weighted by Crippen LogP contribution is -2.55. The lowest BCUT2D eigenvalue weighted by Gasteiger charge is -2.50. The average molecular weight is 478 g/mol. The molecule has 5 rings (SSSR count). The minimum atomic E-state index is -0.328. The molecule has 0 spiro atoms. The van der Waals surface area contributed by atoms with Crippen LogP contribution in [0.15, 0.2) is 53.6 Å². The van der Waals surface area contributed by atoms with Gasteiger partial charge in [0.05, 0.1) is 22.3 Å². The second-order valence-corrected chi connectivity index (χ2v) is 9.23. The number of para-hydroxylation sites is 1. The third-order valence-electron chi connectivity index (χ3n) is 6.39. The van der Waals surface area contributed by atoms with E-state index in [9.17, 15) is 9.59 Å². The van der Waals surface area contributed by atoms with Crippen molar-refractivity contribution >= 4 is 34.7 Å². The largest absolute Gasteiger partial charge is 0.368 e. The van der Waals surface area contributed by atoms with Crippen molar-refractivity contribution in [2.45, 2.75) is 26.8 Å². The molecule has 1 unspecified atom stereocenters. The highest BCUT2D eigenvalue weighted by molar-refractivity contribution is 6.33. The number of nitrogen functional groups attached to an aromatic ring is 1. The number of halogens is 1. The molecule has 9 nitrogen and oxygen atoms in total. The van der Waals surface area contributed by atoms with E-state index in [0.717, 1.165) is 0 Å². The zero-order chi connectivity index (χ0) is 24.1. The highest BCUT2D eigenvalue weighted by Gasteiger charge is 2.46. The van der Waals surface area contributed by atoms with E-state index in [1.165, 1.54) is 17.6 Å². The number of carbonyl (C=O) groups excluding carboxylic acids is 1. The van der Waals surface area contributed by atoms with Gasteiger partial charge in [-0.25, -0.2) is 9.50 Å². The molecular weight excluding hydrogens is 454 g/mol. The van der Waals surface area contributed by atoms with E-state index in [-0.39, 0.29) is 35.2 Å². The fourth-order valence-electron chi connectivity index (χ4n) is 4.58. The van der Waals surface area contributed by atoms with Crippen molar-refractivity contribution in [2.75, 3.05) is 17.2 Å². The van der Waals surface area contributed by atoms with Gasteiger partial charge in [-0.1, -0.05) is 43.6 Å². The molecule has 1 aliphatic rings. The van der Waals surface area contributed by atoms with Gasteiger partial charge in [0.15, 0.2) is 11.6 Å². The second-order valence-electron chi connectivity index (χ2n) is 8.82. The number of benzene rings is 1. The maximum Gasteiger partial charge on any atom is 0.284 e. The smallest absolute Gasteiger partial charge is 0.284 e.